The van der Waals surface area contributed by atoms with E-state index in [4.69, 9.17) is 0 Å². The van der Waals surface area contributed by atoms with Gasteiger partial charge in [0.15, 0.2) is 0 Å². The quantitative estimate of drug-likeness (QED) is 0.548. The third-order valence-corrected chi connectivity index (χ3v) is 1.68. The third kappa shape index (κ3) is 3.17. The van der Waals surface area contributed by atoms with Crippen molar-refractivity contribution in [1.29, 1.82) is 0 Å². The number of hydrogen-bond acceptors (Lipinski definition) is 1. The molecular formula is C10H17N. The SMILES string of the molecule is C=CN=C(C)C(CC)=C(C)C. The smallest absolute Gasteiger partial charge is 0.0403 e. The normalized spacial score (nSPS) is 11.1. The van der Waals surface area contributed by atoms with E-state index in [1.165, 1.54) is 11.1 Å². The Morgan fingerprint density at radius 2 is 1.91 bits per heavy atom. The van der Waals surface area contributed by atoms with E-state index in [1.807, 2.05) is 6.92 Å². The molecule has 0 saturated heterocycles. The van der Waals surface area contributed by atoms with Crippen molar-refractivity contribution < 1.29 is 0 Å². The van der Waals surface area contributed by atoms with Gasteiger partial charge in [-0.3, -0.25) is 4.99 Å². The van der Waals surface area contributed by atoms with Crippen molar-refractivity contribution in [2.24, 2.45) is 4.99 Å². The summed E-state index contributed by atoms with van der Waals surface area (Å²) in [5, 5.41) is 0. The lowest BCUT2D eigenvalue weighted by Gasteiger charge is -2.04. The van der Waals surface area contributed by atoms with E-state index in [2.05, 4.69) is 32.3 Å². The van der Waals surface area contributed by atoms with E-state index in [0.29, 0.717) is 0 Å². The van der Waals surface area contributed by atoms with Gasteiger partial charge in [-0.2, -0.15) is 0 Å². The number of aliphatic imine (C=N–C) groups is 1. The molecule has 11 heavy (non-hydrogen) atoms. The lowest BCUT2D eigenvalue weighted by molar-refractivity contribution is 1.11. The molecule has 0 radical (unpaired) electrons. The van der Waals surface area contributed by atoms with Crippen molar-refractivity contribution in [3.63, 3.8) is 0 Å². The van der Waals surface area contributed by atoms with E-state index >= 15 is 0 Å². The van der Waals surface area contributed by atoms with Gasteiger partial charge in [-0.1, -0.05) is 19.1 Å². The molecule has 0 atom stereocenters. The van der Waals surface area contributed by atoms with Gasteiger partial charge in [-0.15, -0.1) is 0 Å². The van der Waals surface area contributed by atoms with Gasteiger partial charge in [0.2, 0.25) is 0 Å². The van der Waals surface area contributed by atoms with Crippen LogP contribution in [-0.2, 0) is 0 Å². The van der Waals surface area contributed by atoms with Crippen LogP contribution >= 0.6 is 0 Å². The Morgan fingerprint density at radius 1 is 1.36 bits per heavy atom. The first-order chi connectivity index (χ1) is 5.13. The van der Waals surface area contributed by atoms with Gasteiger partial charge in [0.05, 0.1) is 0 Å². The second-order valence-corrected chi connectivity index (χ2v) is 2.73. The molecule has 0 aromatic rings. The molecule has 0 heterocycles. The molecule has 1 nitrogen and oxygen atoms in total. The highest BCUT2D eigenvalue weighted by atomic mass is 14.7. The molecule has 0 bridgehead atoms. The van der Waals surface area contributed by atoms with Crippen LogP contribution in [0.25, 0.3) is 0 Å². The molecule has 0 rings (SSSR count). The van der Waals surface area contributed by atoms with Crippen LogP contribution in [0, 0.1) is 0 Å². The van der Waals surface area contributed by atoms with E-state index in [0.717, 1.165) is 12.1 Å². The molecule has 0 spiro atoms. The fourth-order valence-electron chi connectivity index (χ4n) is 1.19. The van der Waals surface area contributed by atoms with E-state index < -0.39 is 0 Å². The fraction of sp³-hybridized carbons (Fsp3) is 0.500. The molecule has 0 saturated carbocycles. The number of nitrogens with zero attached hydrogens (tertiary/aromatic N) is 1. The van der Waals surface area contributed by atoms with Crippen LogP contribution in [0.1, 0.15) is 34.1 Å². The van der Waals surface area contributed by atoms with Crippen molar-refractivity contribution in [1.82, 2.24) is 0 Å². The molecule has 0 amide bonds. The topological polar surface area (TPSA) is 12.4 Å². The third-order valence-electron chi connectivity index (χ3n) is 1.68. The summed E-state index contributed by atoms with van der Waals surface area (Å²) in [6.45, 7) is 12.0. The highest BCUT2D eigenvalue weighted by molar-refractivity contribution is 5.99. The predicted molar refractivity (Wildman–Crippen MR) is 52.0 cm³/mol. The minimum atomic E-state index is 1.05. The van der Waals surface area contributed by atoms with E-state index in [9.17, 15) is 0 Å². The maximum absolute atomic E-state index is 4.14. The molecule has 1 heteroatoms. The second kappa shape index (κ2) is 4.89. The monoisotopic (exact) mass is 151 g/mol. The summed E-state index contributed by atoms with van der Waals surface area (Å²) in [4.78, 5) is 4.14. The minimum Gasteiger partial charge on any atom is -0.262 e. The average molecular weight is 151 g/mol. The first kappa shape index (κ1) is 10.2. The zero-order valence-electron chi connectivity index (χ0n) is 7.94. The molecule has 0 aromatic carbocycles. The van der Waals surface area contributed by atoms with Gasteiger partial charge in [0.1, 0.15) is 0 Å². The molecule has 0 aliphatic rings. The van der Waals surface area contributed by atoms with Gasteiger partial charge in [-0.25, -0.2) is 0 Å². The highest BCUT2D eigenvalue weighted by Gasteiger charge is 1.98. The van der Waals surface area contributed by atoms with Crippen LogP contribution in [0.2, 0.25) is 0 Å². The summed E-state index contributed by atoms with van der Waals surface area (Å²) in [5.41, 5.74) is 3.77. The maximum Gasteiger partial charge on any atom is 0.0403 e. The summed E-state index contributed by atoms with van der Waals surface area (Å²) >= 11 is 0. The van der Waals surface area contributed by atoms with Crippen molar-refractivity contribution in [3.05, 3.63) is 23.9 Å². The van der Waals surface area contributed by atoms with Crippen LogP contribution in [-0.4, -0.2) is 5.71 Å². The highest BCUT2D eigenvalue weighted by Crippen LogP contribution is 2.09. The first-order valence-electron chi connectivity index (χ1n) is 3.95. The summed E-state index contributed by atoms with van der Waals surface area (Å²) < 4.78 is 0. The minimum absolute atomic E-state index is 1.05. The van der Waals surface area contributed by atoms with Gasteiger partial charge in [0, 0.05) is 11.9 Å². The summed E-state index contributed by atoms with van der Waals surface area (Å²) in [6.07, 6.45) is 2.64. The van der Waals surface area contributed by atoms with Crippen LogP contribution in [0.3, 0.4) is 0 Å². The van der Waals surface area contributed by atoms with E-state index in [1.54, 1.807) is 6.20 Å². The predicted octanol–water partition coefficient (Wildman–Crippen LogP) is 3.34. The standard InChI is InChI=1S/C10H17N/c1-6-10(8(3)4)9(5)11-7-2/h7H,2,6H2,1,3-5H3. The van der Waals surface area contributed by atoms with E-state index in [-0.39, 0.29) is 0 Å². The number of allylic oxidation sites excluding steroid dienone is 2. The molecule has 0 aliphatic carbocycles. The maximum atomic E-state index is 4.14. The van der Waals surface area contributed by atoms with Crippen LogP contribution in [0.5, 0.6) is 0 Å². The Labute approximate surface area is 69.5 Å². The van der Waals surface area contributed by atoms with Crippen molar-refractivity contribution in [3.8, 4) is 0 Å². The summed E-state index contributed by atoms with van der Waals surface area (Å²) in [7, 11) is 0. The Kier molecular flexibility index (Phi) is 4.51. The Balaban J connectivity index is 4.66. The lowest BCUT2D eigenvalue weighted by Crippen LogP contribution is -1.97. The Bertz CT molecular complexity index is 193. The lowest BCUT2D eigenvalue weighted by atomic mass is 10.0. The van der Waals surface area contributed by atoms with Gasteiger partial charge in [-0.05, 0) is 32.8 Å². The molecule has 0 unspecified atom stereocenters. The van der Waals surface area contributed by atoms with Gasteiger partial charge < -0.3 is 0 Å². The second-order valence-electron chi connectivity index (χ2n) is 2.73. The summed E-state index contributed by atoms with van der Waals surface area (Å²) in [5.74, 6) is 0. The van der Waals surface area contributed by atoms with Crippen molar-refractivity contribution in [2.75, 3.05) is 0 Å². The summed E-state index contributed by atoms with van der Waals surface area (Å²) in [6, 6.07) is 0. The number of hydrogen-bond donors (Lipinski definition) is 0. The zero-order valence-corrected chi connectivity index (χ0v) is 7.94. The Morgan fingerprint density at radius 3 is 2.18 bits per heavy atom. The van der Waals surface area contributed by atoms with Crippen LogP contribution in [0.4, 0.5) is 0 Å². The molecule has 0 N–H and O–H groups in total. The number of rotatable bonds is 3. The zero-order chi connectivity index (χ0) is 8.85. The molecule has 62 valence electrons. The average Bonchev–Trinajstić information content (AvgIpc) is 1.88. The van der Waals surface area contributed by atoms with Crippen LogP contribution in [0.15, 0.2) is 28.9 Å². The van der Waals surface area contributed by atoms with Crippen molar-refractivity contribution >= 4 is 5.71 Å². The van der Waals surface area contributed by atoms with Gasteiger partial charge >= 0.3 is 0 Å². The van der Waals surface area contributed by atoms with Crippen molar-refractivity contribution in [2.45, 2.75) is 34.1 Å². The molecular weight excluding hydrogens is 134 g/mol. The molecule has 0 fully saturated rings. The van der Waals surface area contributed by atoms with Gasteiger partial charge in [0.25, 0.3) is 0 Å². The Hall–Kier alpha value is -0.850. The molecule has 0 aliphatic heterocycles. The fourth-order valence-corrected chi connectivity index (χ4v) is 1.19. The molecule has 0 aromatic heterocycles. The largest absolute Gasteiger partial charge is 0.262 e. The van der Waals surface area contributed by atoms with Crippen LogP contribution < -0.4 is 0 Å². The first-order valence-corrected chi connectivity index (χ1v) is 3.95.